The Morgan fingerprint density at radius 3 is 2.74 bits per heavy atom. The molecule has 2 rings (SSSR count). The summed E-state index contributed by atoms with van der Waals surface area (Å²) >= 11 is 0. The van der Waals surface area contributed by atoms with Crippen molar-refractivity contribution in [1.29, 1.82) is 10.9 Å². The number of aliphatic hydroxyl groups is 1. The highest BCUT2D eigenvalue weighted by molar-refractivity contribution is 5.66. The van der Waals surface area contributed by atoms with Gasteiger partial charge in [-0.05, 0) is 19.3 Å². The van der Waals surface area contributed by atoms with Crippen molar-refractivity contribution in [2.45, 2.75) is 43.7 Å². The van der Waals surface area contributed by atoms with Crippen molar-refractivity contribution in [3.8, 4) is 0 Å². The molecule has 0 spiro atoms. The second kappa shape index (κ2) is 5.64. The zero-order valence-electron chi connectivity index (χ0n) is 11.4. The van der Waals surface area contributed by atoms with Crippen LogP contribution in [0.4, 0.5) is 0 Å². The molecule has 2 aliphatic rings. The normalized spacial score (nSPS) is 37.4. The molecule has 1 saturated carbocycles. The number of nitrogens with zero attached hydrogens (tertiary/aromatic N) is 2. The van der Waals surface area contributed by atoms with Crippen LogP contribution < -0.4 is 5.73 Å². The summed E-state index contributed by atoms with van der Waals surface area (Å²) < 4.78 is 0. The summed E-state index contributed by atoms with van der Waals surface area (Å²) in [6.07, 6.45) is 5.86. The van der Waals surface area contributed by atoms with Crippen LogP contribution in [-0.2, 0) is 0 Å². The SMILES string of the molecule is N=CC12CCCCC1(N=N)CCN(C[C@@H](O)CN)C2. The maximum Gasteiger partial charge on any atom is 0.0942 e. The van der Waals surface area contributed by atoms with Gasteiger partial charge in [-0.1, -0.05) is 12.8 Å². The Balaban J connectivity index is 2.17. The van der Waals surface area contributed by atoms with Gasteiger partial charge < -0.3 is 16.2 Å². The first-order chi connectivity index (χ1) is 9.11. The molecule has 108 valence electrons. The van der Waals surface area contributed by atoms with E-state index in [1.807, 2.05) is 0 Å². The average Bonchev–Trinajstić information content (AvgIpc) is 2.46. The number of likely N-dealkylation sites (tertiary alicyclic amines) is 1. The molecule has 0 aromatic rings. The van der Waals surface area contributed by atoms with Gasteiger partial charge in [0.2, 0.25) is 0 Å². The average molecular weight is 267 g/mol. The van der Waals surface area contributed by atoms with Crippen LogP contribution in [0.1, 0.15) is 32.1 Å². The highest BCUT2D eigenvalue weighted by Gasteiger charge is 2.55. The second-order valence-corrected chi connectivity index (χ2v) is 6.03. The number of hydrogen-bond acceptors (Lipinski definition) is 6. The molecule has 0 aromatic heterocycles. The molecule has 0 bridgehead atoms. The van der Waals surface area contributed by atoms with Crippen LogP contribution in [-0.4, -0.2) is 54.0 Å². The molecule has 5 N–H and O–H groups in total. The van der Waals surface area contributed by atoms with Gasteiger partial charge in [0.25, 0.3) is 0 Å². The van der Waals surface area contributed by atoms with Gasteiger partial charge in [0.1, 0.15) is 0 Å². The lowest BCUT2D eigenvalue weighted by atomic mass is 9.58. The third kappa shape index (κ3) is 2.44. The minimum atomic E-state index is -0.508. The molecule has 0 aromatic carbocycles. The van der Waals surface area contributed by atoms with E-state index in [-0.39, 0.29) is 17.5 Å². The van der Waals surface area contributed by atoms with Crippen LogP contribution in [0.2, 0.25) is 0 Å². The molecule has 1 aliphatic carbocycles. The third-order valence-electron chi connectivity index (χ3n) is 4.97. The molecule has 1 saturated heterocycles. The molecule has 1 aliphatic heterocycles. The van der Waals surface area contributed by atoms with Gasteiger partial charge in [-0.3, -0.25) is 4.90 Å². The Labute approximate surface area is 114 Å². The van der Waals surface area contributed by atoms with Gasteiger partial charge >= 0.3 is 0 Å². The lowest BCUT2D eigenvalue weighted by Gasteiger charge is -2.54. The highest BCUT2D eigenvalue weighted by Crippen LogP contribution is 2.50. The van der Waals surface area contributed by atoms with Crippen molar-refractivity contribution in [3.05, 3.63) is 0 Å². The number of nitrogens with two attached hydrogens (primary N) is 1. The fraction of sp³-hybridized carbons (Fsp3) is 0.923. The van der Waals surface area contributed by atoms with Gasteiger partial charge in [-0.15, -0.1) is 0 Å². The Morgan fingerprint density at radius 1 is 1.37 bits per heavy atom. The van der Waals surface area contributed by atoms with E-state index < -0.39 is 6.10 Å². The van der Waals surface area contributed by atoms with Crippen molar-refractivity contribution >= 4 is 6.21 Å². The van der Waals surface area contributed by atoms with Gasteiger partial charge in [0.05, 0.1) is 11.6 Å². The first kappa shape index (κ1) is 14.6. The zero-order chi connectivity index (χ0) is 13.9. The van der Waals surface area contributed by atoms with Gasteiger partial charge in [0, 0.05) is 37.8 Å². The maximum absolute atomic E-state index is 9.70. The number of fused-ring (bicyclic) bond motifs is 1. The van der Waals surface area contributed by atoms with Crippen LogP contribution >= 0.6 is 0 Å². The molecular formula is C13H25N5O. The van der Waals surface area contributed by atoms with Crippen LogP contribution in [0.3, 0.4) is 0 Å². The van der Waals surface area contributed by atoms with E-state index in [0.29, 0.717) is 6.54 Å². The molecular weight excluding hydrogens is 242 g/mol. The van der Waals surface area contributed by atoms with Gasteiger partial charge in [0.15, 0.2) is 0 Å². The fourth-order valence-electron chi connectivity index (χ4n) is 3.76. The molecule has 2 fully saturated rings. The molecule has 6 heteroatoms. The lowest BCUT2D eigenvalue weighted by Crippen LogP contribution is -2.62. The summed E-state index contributed by atoms with van der Waals surface area (Å²) in [5.41, 5.74) is 12.4. The number of nitrogens with one attached hydrogen (secondary N) is 2. The number of piperidine rings is 1. The molecule has 3 atom stereocenters. The third-order valence-corrected chi connectivity index (χ3v) is 4.97. The van der Waals surface area contributed by atoms with E-state index in [2.05, 4.69) is 10.0 Å². The van der Waals surface area contributed by atoms with Crippen molar-refractivity contribution < 1.29 is 5.11 Å². The highest BCUT2D eigenvalue weighted by atomic mass is 16.3. The molecule has 0 amide bonds. The lowest BCUT2D eigenvalue weighted by molar-refractivity contribution is 0.00132. The van der Waals surface area contributed by atoms with Crippen molar-refractivity contribution in [2.24, 2.45) is 16.3 Å². The zero-order valence-corrected chi connectivity index (χ0v) is 11.4. The van der Waals surface area contributed by atoms with Crippen LogP contribution in [0.15, 0.2) is 5.11 Å². The van der Waals surface area contributed by atoms with E-state index >= 15 is 0 Å². The predicted molar refractivity (Wildman–Crippen MR) is 73.7 cm³/mol. The standard InChI is InChI=1S/C13H25N5O/c14-7-11(19)8-18-6-5-13(17-16)4-2-1-3-12(13,9-15)10-18/h9,11,15-16,19H,1-8,10,14H2/t11-,12?,13?/m0/s1. The van der Waals surface area contributed by atoms with Crippen LogP contribution in [0.5, 0.6) is 0 Å². The summed E-state index contributed by atoms with van der Waals surface area (Å²) in [5, 5.41) is 21.5. The minimum absolute atomic E-state index is 0.266. The molecule has 2 unspecified atom stereocenters. The molecule has 6 nitrogen and oxygen atoms in total. The van der Waals surface area contributed by atoms with Crippen LogP contribution in [0, 0.1) is 16.4 Å². The van der Waals surface area contributed by atoms with Crippen LogP contribution in [0.25, 0.3) is 0 Å². The molecule has 0 radical (unpaired) electrons. The fourth-order valence-corrected chi connectivity index (χ4v) is 3.76. The quantitative estimate of drug-likeness (QED) is 0.440. The monoisotopic (exact) mass is 267 g/mol. The van der Waals surface area contributed by atoms with E-state index in [1.165, 1.54) is 6.21 Å². The Hall–Kier alpha value is -0.850. The predicted octanol–water partition coefficient (Wildman–Crippen LogP) is 0.991. The van der Waals surface area contributed by atoms with E-state index in [9.17, 15) is 5.11 Å². The van der Waals surface area contributed by atoms with Gasteiger partial charge in [-0.25, -0.2) is 5.53 Å². The number of hydrogen-bond donors (Lipinski definition) is 4. The summed E-state index contributed by atoms with van der Waals surface area (Å²) in [4.78, 5) is 2.18. The van der Waals surface area contributed by atoms with Crippen molar-refractivity contribution in [2.75, 3.05) is 26.2 Å². The molecule has 1 heterocycles. The Morgan fingerprint density at radius 2 is 2.11 bits per heavy atom. The maximum atomic E-state index is 9.70. The van der Waals surface area contributed by atoms with Gasteiger partial charge in [-0.2, -0.15) is 5.11 Å². The number of rotatable bonds is 5. The van der Waals surface area contributed by atoms with E-state index in [0.717, 1.165) is 45.2 Å². The van der Waals surface area contributed by atoms with Crippen molar-refractivity contribution in [1.82, 2.24) is 4.90 Å². The largest absolute Gasteiger partial charge is 0.390 e. The summed E-state index contributed by atoms with van der Waals surface area (Å²) in [7, 11) is 0. The first-order valence-corrected chi connectivity index (χ1v) is 7.12. The summed E-state index contributed by atoms with van der Waals surface area (Å²) in [6, 6.07) is 0. The summed E-state index contributed by atoms with van der Waals surface area (Å²) in [6.45, 7) is 2.37. The molecule has 19 heavy (non-hydrogen) atoms. The minimum Gasteiger partial charge on any atom is -0.390 e. The van der Waals surface area contributed by atoms with E-state index in [1.54, 1.807) is 0 Å². The number of β-amino-alcohol motifs (C(OH)–C–C–N with tert-alkyl or cyclic N) is 1. The Bertz CT molecular complexity index is 350. The first-order valence-electron chi connectivity index (χ1n) is 7.12. The Kier molecular flexibility index (Phi) is 4.32. The van der Waals surface area contributed by atoms with Crippen molar-refractivity contribution in [3.63, 3.8) is 0 Å². The smallest absolute Gasteiger partial charge is 0.0942 e. The number of aliphatic hydroxyl groups excluding tert-OH is 1. The second-order valence-electron chi connectivity index (χ2n) is 6.03. The summed E-state index contributed by atoms with van der Waals surface area (Å²) in [5.74, 6) is 0. The topological polar surface area (TPSA) is 110 Å². The van der Waals surface area contributed by atoms with E-state index in [4.69, 9.17) is 16.7 Å².